The Morgan fingerprint density at radius 3 is 2.73 bits per heavy atom. The van der Waals surface area contributed by atoms with E-state index >= 15 is 0 Å². The number of piperidine rings is 1. The molecule has 2 heterocycles. The first-order valence-electron chi connectivity index (χ1n) is 8.78. The number of carboxylic acid groups (broad SMARTS) is 1. The lowest BCUT2D eigenvalue weighted by molar-refractivity contribution is -0.143. The van der Waals surface area contributed by atoms with Gasteiger partial charge in [-0.1, -0.05) is 17.7 Å². The fourth-order valence-electron chi connectivity index (χ4n) is 3.58. The maximum absolute atomic E-state index is 11.3. The van der Waals surface area contributed by atoms with Gasteiger partial charge in [-0.15, -0.1) is 0 Å². The predicted octanol–water partition coefficient (Wildman–Crippen LogP) is 3.82. The van der Waals surface area contributed by atoms with E-state index in [-0.39, 0.29) is 12.0 Å². The maximum Gasteiger partial charge on any atom is 0.306 e. The molecule has 0 saturated carbocycles. The van der Waals surface area contributed by atoms with Crippen LogP contribution in [0.3, 0.4) is 0 Å². The van der Waals surface area contributed by atoms with Gasteiger partial charge in [-0.3, -0.25) is 14.7 Å². The molecule has 3 rings (SSSR count). The summed E-state index contributed by atoms with van der Waals surface area (Å²) in [5, 5.41) is 9.93. The van der Waals surface area contributed by atoms with Crippen LogP contribution < -0.4 is 4.74 Å². The van der Waals surface area contributed by atoms with Crippen molar-refractivity contribution in [2.45, 2.75) is 25.3 Å². The molecular formula is C20H23ClN2O3. The molecular weight excluding hydrogens is 352 g/mol. The van der Waals surface area contributed by atoms with Crippen LogP contribution in [0.2, 0.25) is 5.02 Å². The molecule has 1 aromatic carbocycles. The second-order valence-corrected chi connectivity index (χ2v) is 7.01. The molecule has 138 valence electrons. The second kappa shape index (κ2) is 8.52. The van der Waals surface area contributed by atoms with Gasteiger partial charge in [0.15, 0.2) is 0 Å². The van der Waals surface area contributed by atoms with Crippen molar-refractivity contribution in [3.05, 3.63) is 58.9 Å². The number of carbonyl (C=O) groups is 1. The average Bonchev–Trinajstić information content (AvgIpc) is 2.67. The SMILES string of the molecule is COc1ccc(Cl)cc1C(Cc1ccccn1)N1CCC(C(=O)O)CC1. The van der Waals surface area contributed by atoms with Gasteiger partial charge in [0.25, 0.3) is 0 Å². The first-order valence-corrected chi connectivity index (χ1v) is 9.16. The van der Waals surface area contributed by atoms with Crippen LogP contribution in [0.4, 0.5) is 0 Å². The fraction of sp³-hybridized carbons (Fsp3) is 0.400. The lowest BCUT2D eigenvalue weighted by Crippen LogP contribution is -2.39. The summed E-state index contributed by atoms with van der Waals surface area (Å²) in [7, 11) is 1.65. The van der Waals surface area contributed by atoms with Crippen LogP contribution in [0.5, 0.6) is 5.75 Å². The van der Waals surface area contributed by atoms with E-state index in [2.05, 4.69) is 9.88 Å². The molecule has 0 spiro atoms. The van der Waals surface area contributed by atoms with E-state index in [1.165, 1.54) is 0 Å². The number of benzene rings is 1. The number of ether oxygens (including phenoxy) is 1. The number of rotatable bonds is 6. The second-order valence-electron chi connectivity index (χ2n) is 6.58. The van der Waals surface area contributed by atoms with Crippen LogP contribution in [0.25, 0.3) is 0 Å². The Bertz CT molecular complexity index is 746. The number of hydrogen-bond donors (Lipinski definition) is 1. The highest BCUT2D eigenvalue weighted by molar-refractivity contribution is 6.30. The van der Waals surface area contributed by atoms with Gasteiger partial charge in [0, 0.05) is 34.9 Å². The standard InChI is InChI=1S/C20H23ClN2O3/c1-26-19-6-5-15(21)12-17(19)18(13-16-4-2-3-9-22-16)23-10-7-14(8-11-23)20(24)25/h2-6,9,12,14,18H,7-8,10-11,13H2,1H3,(H,24,25). The molecule has 1 atom stereocenters. The lowest BCUT2D eigenvalue weighted by Gasteiger charge is -2.37. The summed E-state index contributed by atoms with van der Waals surface area (Å²) in [6.07, 6.45) is 3.81. The highest BCUT2D eigenvalue weighted by atomic mass is 35.5. The van der Waals surface area contributed by atoms with Crippen LogP contribution in [0, 0.1) is 5.92 Å². The minimum atomic E-state index is -0.703. The number of hydrogen-bond acceptors (Lipinski definition) is 4. The van der Waals surface area contributed by atoms with Crippen molar-refractivity contribution in [1.82, 2.24) is 9.88 Å². The van der Waals surface area contributed by atoms with E-state index < -0.39 is 5.97 Å². The minimum Gasteiger partial charge on any atom is -0.496 e. The molecule has 5 nitrogen and oxygen atoms in total. The van der Waals surface area contributed by atoms with E-state index in [9.17, 15) is 9.90 Å². The Hall–Kier alpha value is -2.11. The first kappa shape index (κ1) is 18.7. The van der Waals surface area contributed by atoms with Crippen LogP contribution in [-0.4, -0.2) is 41.2 Å². The zero-order valence-electron chi connectivity index (χ0n) is 14.8. The monoisotopic (exact) mass is 374 g/mol. The summed E-state index contributed by atoms with van der Waals surface area (Å²) in [5.74, 6) is -0.176. The zero-order chi connectivity index (χ0) is 18.5. The number of pyridine rings is 1. The van der Waals surface area contributed by atoms with Crippen molar-refractivity contribution in [2.75, 3.05) is 20.2 Å². The highest BCUT2D eigenvalue weighted by Gasteiger charge is 2.31. The smallest absolute Gasteiger partial charge is 0.306 e. The number of likely N-dealkylation sites (tertiary alicyclic amines) is 1. The molecule has 0 amide bonds. The molecule has 1 unspecified atom stereocenters. The molecule has 6 heteroatoms. The van der Waals surface area contributed by atoms with Crippen LogP contribution in [0.1, 0.15) is 30.1 Å². The van der Waals surface area contributed by atoms with Crippen molar-refractivity contribution in [2.24, 2.45) is 5.92 Å². The van der Waals surface area contributed by atoms with Crippen LogP contribution in [-0.2, 0) is 11.2 Å². The Kier molecular flexibility index (Phi) is 6.12. The fourth-order valence-corrected chi connectivity index (χ4v) is 3.76. The van der Waals surface area contributed by atoms with Gasteiger partial charge in [-0.05, 0) is 56.3 Å². The third kappa shape index (κ3) is 4.34. The van der Waals surface area contributed by atoms with Gasteiger partial charge in [-0.2, -0.15) is 0 Å². The zero-order valence-corrected chi connectivity index (χ0v) is 15.5. The molecule has 1 aromatic heterocycles. The highest BCUT2D eigenvalue weighted by Crippen LogP contribution is 2.36. The Morgan fingerprint density at radius 1 is 1.35 bits per heavy atom. The van der Waals surface area contributed by atoms with Crippen LogP contribution >= 0.6 is 11.6 Å². The summed E-state index contributed by atoms with van der Waals surface area (Å²) < 4.78 is 5.57. The minimum absolute atomic E-state index is 0.0355. The summed E-state index contributed by atoms with van der Waals surface area (Å²) >= 11 is 6.26. The number of nitrogens with zero attached hydrogens (tertiary/aromatic N) is 2. The summed E-state index contributed by atoms with van der Waals surface area (Å²) in [5.41, 5.74) is 2.00. The molecule has 1 fully saturated rings. The van der Waals surface area contributed by atoms with Crippen molar-refractivity contribution >= 4 is 17.6 Å². The van der Waals surface area contributed by atoms with Crippen molar-refractivity contribution < 1.29 is 14.6 Å². The Labute approximate surface area is 158 Å². The molecule has 1 aliphatic heterocycles. The number of halogens is 1. The molecule has 0 bridgehead atoms. The average molecular weight is 375 g/mol. The number of methoxy groups -OCH3 is 1. The third-order valence-electron chi connectivity index (χ3n) is 5.00. The summed E-state index contributed by atoms with van der Waals surface area (Å²) in [6.45, 7) is 1.45. The number of aliphatic carboxylic acids is 1. The molecule has 0 aliphatic carbocycles. The van der Waals surface area contributed by atoms with Gasteiger partial charge in [0.05, 0.1) is 13.0 Å². The lowest BCUT2D eigenvalue weighted by atomic mass is 9.92. The first-order chi connectivity index (χ1) is 12.6. The normalized spacial score (nSPS) is 17.0. The summed E-state index contributed by atoms with van der Waals surface area (Å²) in [4.78, 5) is 18.1. The molecule has 0 radical (unpaired) electrons. The van der Waals surface area contributed by atoms with Crippen molar-refractivity contribution in [3.8, 4) is 5.75 Å². The van der Waals surface area contributed by atoms with Crippen molar-refractivity contribution in [1.29, 1.82) is 0 Å². The number of aromatic nitrogens is 1. The topological polar surface area (TPSA) is 62.7 Å². The molecule has 1 saturated heterocycles. The maximum atomic E-state index is 11.3. The van der Waals surface area contributed by atoms with E-state index in [1.807, 2.05) is 36.4 Å². The largest absolute Gasteiger partial charge is 0.496 e. The molecule has 1 N–H and O–H groups in total. The molecule has 1 aliphatic rings. The summed E-state index contributed by atoms with van der Waals surface area (Å²) in [6, 6.07) is 11.6. The predicted molar refractivity (Wildman–Crippen MR) is 101 cm³/mol. The Morgan fingerprint density at radius 2 is 2.12 bits per heavy atom. The van der Waals surface area contributed by atoms with Gasteiger partial charge >= 0.3 is 5.97 Å². The number of carboxylic acids is 1. The van der Waals surface area contributed by atoms with E-state index in [1.54, 1.807) is 13.3 Å². The van der Waals surface area contributed by atoms with Gasteiger partial charge in [0.1, 0.15) is 5.75 Å². The molecule has 26 heavy (non-hydrogen) atoms. The van der Waals surface area contributed by atoms with Crippen molar-refractivity contribution in [3.63, 3.8) is 0 Å². The van der Waals surface area contributed by atoms with Gasteiger partial charge in [-0.25, -0.2) is 0 Å². The van der Waals surface area contributed by atoms with Gasteiger partial charge in [0.2, 0.25) is 0 Å². The quantitative estimate of drug-likeness (QED) is 0.832. The van der Waals surface area contributed by atoms with E-state index in [0.717, 1.165) is 36.5 Å². The third-order valence-corrected chi connectivity index (χ3v) is 5.23. The van der Waals surface area contributed by atoms with Gasteiger partial charge < -0.3 is 9.84 Å². The van der Waals surface area contributed by atoms with Crippen LogP contribution in [0.15, 0.2) is 42.6 Å². The Balaban J connectivity index is 1.90. The van der Waals surface area contributed by atoms with E-state index in [4.69, 9.17) is 16.3 Å². The van der Waals surface area contributed by atoms with E-state index in [0.29, 0.717) is 17.9 Å². The molecule has 2 aromatic rings.